The second-order valence-corrected chi connectivity index (χ2v) is 11.0. The minimum atomic E-state index is 0.799. The lowest BCUT2D eigenvalue weighted by Crippen LogP contribution is -2.11. The standard InChI is InChI=1S/C38H26N6/c1-3-15-34-27(10-1)29-23-39-20-18-36(29)43(34)26-9-5-8-25(22-26)31-12-6-13-32(41-31)33-14-7-17-38(42-33)44-35-16-4-2-11-28(35)30-24-40-21-19-37(30)44/h1-23,40H,24H2. The first kappa shape index (κ1) is 24.6. The molecule has 0 aliphatic carbocycles. The lowest BCUT2D eigenvalue weighted by atomic mass is 10.1. The lowest BCUT2D eigenvalue weighted by molar-refractivity contribution is 0.852. The third-order valence-electron chi connectivity index (χ3n) is 8.51. The van der Waals surface area contributed by atoms with Crippen molar-refractivity contribution >= 4 is 38.8 Å². The Balaban J connectivity index is 1.14. The van der Waals surface area contributed by atoms with Crippen LogP contribution in [0.3, 0.4) is 0 Å². The zero-order valence-corrected chi connectivity index (χ0v) is 23.7. The van der Waals surface area contributed by atoms with Gasteiger partial charge in [-0.3, -0.25) is 9.55 Å². The van der Waals surface area contributed by atoms with Gasteiger partial charge in [0.25, 0.3) is 0 Å². The summed E-state index contributed by atoms with van der Waals surface area (Å²) in [6, 6.07) is 40.0. The molecule has 208 valence electrons. The molecule has 0 fully saturated rings. The lowest BCUT2D eigenvalue weighted by Gasteiger charge is -2.13. The first-order valence-corrected chi connectivity index (χ1v) is 14.7. The molecule has 6 heteroatoms. The zero-order chi connectivity index (χ0) is 29.0. The van der Waals surface area contributed by atoms with Gasteiger partial charge in [-0.05, 0) is 66.9 Å². The maximum atomic E-state index is 5.14. The average Bonchev–Trinajstić information content (AvgIpc) is 3.62. The van der Waals surface area contributed by atoms with E-state index >= 15 is 0 Å². The highest BCUT2D eigenvalue weighted by Gasteiger charge is 2.19. The van der Waals surface area contributed by atoms with Gasteiger partial charge < -0.3 is 9.88 Å². The number of hydrogen-bond donors (Lipinski definition) is 1. The smallest absolute Gasteiger partial charge is 0.138 e. The molecule has 1 N–H and O–H groups in total. The molecule has 9 rings (SSSR count). The summed E-state index contributed by atoms with van der Waals surface area (Å²) in [4.78, 5) is 14.7. The summed E-state index contributed by atoms with van der Waals surface area (Å²) in [5.74, 6) is 0.876. The maximum Gasteiger partial charge on any atom is 0.138 e. The van der Waals surface area contributed by atoms with Crippen LogP contribution in [0.1, 0.15) is 11.3 Å². The number of fused-ring (bicyclic) bond motifs is 6. The molecule has 0 bridgehead atoms. The van der Waals surface area contributed by atoms with Crippen molar-refractivity contribution in [3.8, 4) is 34.2 Å². The Morgan fingerprint density at radius 1 is 0.591 bits per heavy atom. The number of pyridine rings is 3. The molecule has 0 amide bonds. The van der Waals surface area contributed by atoms with E-state index in [1.54, 1.807) is 0 Å². The monoisotopic (exact) mass is 566 g/mol. The molecule has 0 atom stereocenters. The normalized spacial score (nSPS) is 12.5. The average molecular weight is 567 g/mol. The topological polar surface area (TPSA) is 60.6 Å². The van der Waals surface area contributed by atoms with E-state index in [4.69, 9.17) is 9.97 Å². The second-order valence-electron chi connectivity index (χ2n) is 11.0. The summed E-state index contributed by atoms with van der Waals surface area (Å²) in [6.07, 6.45) is 7.95. The van der Waals surface area contributed by atoms with E-state index in [9.17, 15) is 0 Å². The fraction of sp³-hybridized carbons (Fsp3) is 0.0263. The van der Waals surface area contributed by atoms with Crippen LogP contribution in [-0.4, -0.2) is 24.1 Å². The van der Waals surface area contributed by atoms with E-state index in [-0.39, 0.29) is 0 Å². The zero-order valence-electron chi connectivity index (χ0n) is 23.7. The Bertz CT molecular complexity index is 2360. The number of aromatic nitrogens is 5. The van der Waals surface area contributed by atoms with Crippen molar-refractivity contribution in [2.45, 2.75) is 6.54 Å². The van der Waals surface area contributed by atoms with Crippen molar-refractivity contribution in [1.82, 2.24) is 29.4 Å². The van der Waals surface area contributed by atoms with Crippen LogP contribution in [0.5, 0.6) is 0 Å². The van der Waals surface area contributed by atoms with Crippen LogP contribution in [0.25, 0.3) is 72.9 Å². The number of para-hydroxylation sites is 2. The molecule has 1 aliphatic rings. The molecule has 44 heavy (non-hydrogen) atoms. The van der Waals surface area contributed by atoms with Crippen LogP contribution in [-0.2, 0) is 6.54 Å². The summed E-state index contributed by atoms with van der Waals surface area (Å²) in [6.45, 7) is 0.799. The van der Waals surface area contributed by atoms with E-state index in [0.717, 1.165) is 68.3 Å². The van der Waals surface area contributed by atoms with Gasteiger partial charge in [0, 0.05) is 51.9 Å². The largest absolute Gasteiger partial charge is 0.387 e. The van der Waals surface area contributed by atoms with Crippen molar-refractivity contribution in [1.29, 1.82) is 0 Å². The Labute approximate surface area is 253 Å². The van der Waals surface area contributed by atoms with Crippen molar-refractivity contribution in [2.75, 3.05) is 0 Å². The van der Waals surface area contributed by atoms with Gasteiger partial charge in [0.05, 0.1) is 39.3 Å². The summed E-state index contributed by atoms with van der Waals surface area (Å²) in [5.41, 5.74) is 10.6. The summed E-state index contributed by atoms with van der Waals surface area (Å²) < 4.78 is 4.55. The van der Waals surface area contributed by atoms with Gasteiger partial charge in [0.15, 0.2) is 0 Å². The number of hydrogen-bond acceptors (Lipinski definition) is 4. The third-order valence-corrected chi connectivity index (χ3v) is 8.51. The number of nitrogens with one attached hydrogen (secondary N) is 1. The van der Waals surface area contributed by atoms with E-state index in [1.165, 1.54) is 16.3 Å². The fourth-order valence-corrected chi connectivity index (χ4v) is 6.56. The molecule has 1 aliphatic heterocycles. The number of nitrogens with zero attached hydrogens (tertiary/aromatic N) is 5. The SMILES string of the molecule is C1=Cc2c(c3ccccc3n2-c2cccc(-c3cccc(-c4cccc(-n5c6ccccc6c6cnccc65)c4)n3)n2)CN1. The Hall–Kier alpha value is -6.01. The quantitative estimate of drug-likeness (QED) is 0.233. The van der Waals surface area contributed by atoms with E-state index < -0.39 is 0 Å². The van der Waals surface area contributed by atoms with Gasteiger partial charge >= 0.3 is 0 Å². The second kappa shape index (κ2) is 9.78. The van der Waals surface area contributed by atoms with Gasteiger partial charge in [0.1, 0.15) is 5.82 Å². The molecule has 6 nitrogen and oxygen atoms in total. The highest BCUT2D eigenvalue weighted by atomic mass is 15.1. The number of rotatable bonds is 4. The molecule has 8 aromatic rings. The molecule has 5 aromatic heterocycles. The molecular weight excluding hydrogens is 540 g/mol. The molecular formula is C38H26N6. The minimum Gasteiger partial charge on any atom is -0.387 e. The van der Waals surface area contributed by atoms with Crippen molar-refractivity contribution in [3.05, 3.63) is 145 Å². The van der Waals surface area contributed by atoms with E-state index in [2.05, 4.69) is 129 Å². The minimum absolute atomic E-state index is 0.799. The predicted octanol–water partition coefficient (Wildman–Crippen LogP) is 8.32. The summed E-state index contributed by atoms with van der Waals surface area (Å²) >= 11 is 0. The molecule has 0 saturated carbocycles. The first-order valence-electron chi connectivity index (χ1n) is 14.7. The van der Waals surface area contributed by atoms with Crippen LogP contribution in [0, 0.1) is 0 Å². The maximum absolute atomic E-state index is 5.14. The molecule has 0 saturated heterocycles. The number of benzene rings is 3. The molecule has 0 spiro atoms. The Kier molecular flexibility index (Phi) is 5.46. The van der Waals surface area contributed by atoms with Crippen LogP contribution >= 0.6 is 0 Å². The summed E-state index contributed by atoms with van der Waals surface area (Å²) in [7, 11) is 0. The van der Waals surface area contributed by atoms with Crippen molar-refractivity contribution in [2.24, 2.45) is 0 Å². The molecule has 3 aromatic carbocycles. The van der Waals surface area contributed by atoms with Crippen LogP contribution < -0.4 is 5.32 Å². The van der Waals surface area contributed by atoms with Crippen LogP contribution in [0.2, 0.25) is 0 Å². The van der Waals surface area contributed by atoms with Gasteiger partial charge in [-0.15, -0.1) is 0 Å². The van der Waals surface area contributed by atoms with E-state index in [0.29, 0.717) is 0 Å². The highest BCUT2D eigenvalue weighted by molar-refractivity contribution is 6.08. The fourth-order valence-electron chi connectivity index (χ4n) is 6.56. The Morgan fingerprint density at radius 2 is 1.32 bits per heavy atom. The van der Waals surface area contributed by atoms with Gasteiger partial charge in [-0.1, -0.05) is 60.7 Å². The molecule has 0 unspecified atom stereocenters. The van der Waals surface area contributed by atoms with Crippen LogP contribution in [0.15, 0.2) is 134 Å². The predicted molar refractivity (Wildman–Crippen MR) is 178 cm³/mol. The highest BCUT2D eigenvalue weighted by Crippen LogP contribution is 2.34. The first-order chi connectivity index (χ1) is 21.8. The Morgan fingerprint density at radius 3 is 2.23 bits per heavy atom. The summed E-state index contributed by atoms with van der Waals surface area (Å²) in [5, 5.41) is 6.93. The third kappa shape index (κ3) is 3.78. The van der Waals surface area contributed by atoms with Crippen molar-refractivity contribution < 1.29 is 0 Å². The van der Waals surface area contributed by atoms with Gasteiger partial charge in [-0.25, -0.2) is 9.97 Å². The molecule has 6 heterocycles. The van der Waals surface area contributed by atoms with E-state index in [1.807, 2.05) is 30.7 Å². The van der Waals surface area contributed by atoms with Crippen molar-refractivity contribution in [3.63, 3.8) is 0 Å². The van der Waals surface area contributed by atoms with Crippen LogP contribution in [0.4, 0.5) is 0 Å². The molecule has 0 radical (unpaired) electrons. The van der Waals surface area contributed by atoms with Gasteiger partial charge in [-0.2, -0.15) is 0 Å². The van der Waals surface area contributed by atoms with Gasteiger partial charge in [0.2, 0.25) is 0 Å².